The van der Waals surface area contributed by atoms with Crippen molar-refractivity contribution in [2.45, 2.75) is 78.1 Å². The van der Waals surface area contributed by atoms with Crippen molar-refractivity contribution in [3.63, 3.8) is 0 Å². The summed E-state index contributed by atoms with van der Waals surface area (Å²) < 4.78 is 18.1. The second kappa shape index (κ2) is 5.63. The second-order valence-electron chi connectivity index (χ2n) is 11.4. The van der Waals surface area contributed by atoms with Gasteiger partial charge in [0.05, 0.1) is 25.7 Å². The largest absolute Gasteiger partial charge is 0.469 e. The van der Waals surface area contributed by atoms with Gasteiger partial charge in [0.1, 0.15) is 0 Å². The van der Waals surface area contributed by atoms with Crippen molar-refractivity contribution in [3.05, 3.63) is 12.2 Å². The molecule has 8 atom stereocenters. The molecule has 5 fully saturated rings. The summed E-state index contributed by atoms with van der Waals surface area (Å²) in [6.07, 6.45) is 6.91. The summed E-state index contributed by atoms with van der Waals surface area (Å²) in [7, 11) is 1.56. The van der Waals surface area contributed by atoms with E-state index in [0.717, 1.165) is 25.7 Å². The Morgan fingerprint density at radius 1 is 1.14 bits per heavy atom. The van der Waals surface area contributed by atoms with Gasteiger partial charge in [-0.1, -0.05) is 26.0 Å². The SMILES string of the molecule is C=C1C[C@]23C[C@H]1CC[C@H]2[C@]1(C)CC[C@H]2OC(C)(C)OC[C@]2(C)[C@H]1[C@@H]3C(=O)OC. The van der Waals surface area contributed by atoms with Crippen molar-refractivity contribution < 1.29 is 19.0 Å². The third-order valence-electron chi connectivity index (χ3n) is 9.72. The standard InChI is InChI=1S/C24H36O4/c1-14-11-24-12-15(14)7-8-16(24)22(4)10-9-17-23(5,13-27-21(2,3)28-17)19(22)18(24)20(25)26-6/h15-19H,1,7-13H2,2-6H3/t15-,16+,17-,18-,19+,22+,23+,24+/m1/s1. The Kier molecular flexibility index (Phi) is 3.84. The highest BCUT2D eigenvalue weighted by Gasteiger charge is 2.76. The molecule has 1 saturated heterocycles. The predicted octanol–water partition coefficient (Wildman–Crippen LogP) is 4.73. The molecule has 0 radical (unpaired) electrons. The summed E-state index contributed by atoms with van der Waals surface area (Å²) in [6, 6.07) is 0. The lowest BCUT2D eigenvalue weighted by atomic mass is 9.52. The van der Waals surface area contributed by atoms with E-state index in [9.17, 15) is 4.79 Å². The summed E-state index contributed by atoms with van der Waals surface area (Å²) >= 11 is 0. The molecule has 0 unspecified atom stereocenters. The molecule has 0 amide bonds. The lowest BCUT2D eigenvalue weighted by Crippen LogP contribution is -2.61. The van der Waals surface area contributed by atoms with Crippen LogP contribution >= 0.6 is 0 Å². The number of hydrogen-bond donors (Lipinski definition) is 0. The summed E-state index contributed by atoms with van der Waals surface area (Å²) in [5.74, 6) is 0.758. The monoisotopic (exact) mass is 388 g/mol. The van der Waals surface area contributed by atoms with E-state index in [1.165, 1.54) is 18.4 Å². The van der Waals surface area contributed by atoms with Crippen molar-refractivity contribution in [2.75, 3.05) is 13.7 Å². The van der Waals surface area contributed by atoms with E-state index >= 15 is 0 Å². The first kappa shape index (κ1) is 19.1. The van der Waals surface area contributed by atoms with Gasteiger partial charge in [0.15, 0.2) is 5.79 Å². The average Bonchev–Trinajstić information content (AvgIpc) is 3.02. The van der Waals surface area contributed by atoms with Crippen LogP contribution in [-0.2, 0) is 19.0 Å². The third-order valence-corrected chi connectivity index (χ3v) is 9.72. The van der Waals surface area contributed by atoms with Gasteiger partial charge in [-0.3, -0.25) is 4.79 Å². The van der Waals surface area contributed by atoms with Crippen LogP contribution < -0.4 is 0 Å². The van der Waals surface area contributed by atoms with Gasteiger partial charge in [-0.15, -0.1) is 0 Å². The van der Waals surface area contributed by atoms with Crippen LogP contribution in [0, 0.1) is 39.9 Å². The minimum atomic E-state index is -0.547. The maximum Gasteiger partial charge on any atom is 0.309 e. The van der Waals surface area contributed by atoms with Gasteiger partial charge in [0.2, 0.25) is 0 Å². The van der Waals surface area contributed by atoms with Crippen molar-refractivity contribution in [2.24, 2.45) is 39.9 Å². The number of carbonyl (C=O) groups excluding carboxylic acids is 1. The molecule has 156 valence electrons. The average molecular weight is 389 g/mol. The van der Waals surface area contributed by atoms with Crippen LogP contribution in [0.1, 0.15) is 66.2 Å². The van der Waals surface area contributed by atoms with Crippen LogP contribution in [0.4, 0.5) is 0 Å². The topological polar surface area (TPSA) is 44.8 Å². The lowest BCUT2D eigenvalue weighted by Gasteiger charge is -2.59. The first-order chi connectivity index (χ1) is 13.1. The maximum absolute atomic E-state index is 13.4. The predicted molar refractivity (Wildman–Crippen MR) is 106 cm³/mol. The fourth-order valence-corrected chi connectivity index (χ4v) is 8.85. The number of ether oxygens (including phenoxy) is 3. The van der Waals surface area contributed by atoms with Gasteiger partial charge >= 0.3 is 5.97 Å². The van der Waals surface area contributed by atoms with Gasteiger partial charge < -0.3 is 14.2 Å². The zero-order valence-electron chi connectivity index (χ0n) is 18.2. The van der Waals surface area contributed by atoms with Crippen LogP contribution in [0.15, 0.2) is 12.2 Å². The zero-order valence-corrected chi connectivity index (χ0v) is 18.2. The Morgan fingerprint density at radius 2 is 1.89 bits per heavy atom. The van der Waals surface area contributed by atoms with E-state index in [-0.39, 0.29) is 40.2 Å². The third kappa shape index (κ3) is 2.17. The molecular weight excluding hydrogens is 352 g/mol. The van der Waals surface area contributed by atoms with Crippen LogP contribution in [0.2, 0.25) is 0 Å². The van der Waals surface area contributed by atoms with E-state index < -0.39 is 5.79 Å². The van der Waals surface area contributed by atoms with E-state index in [1.54, 1.807) is 7.11 Å². The van der Waals surface area contributed by atoms with Gasteiger partial charge in [0.25, 0.3) is 0 Å². The summed E-state index contributed by atoms with van der Waals surface area (Å²) in [5, 5.41) is 0. The lowest BCUT2D eigenvalue weighted by molar-refractivity contribution is -0.342. The normalized spacial score (nSPS) is 53.9. The molecule has 1 spiro atoms. The second-order valence-corrected chi connectivity index (χ2v) is 11.4. The van der Waals surface area contributed by atoms with Crippen molar-refractivity contribution in [1.82, 2.24) is 0 Å². The molecule has 4 aliphatic carbocycles. The number of fused-ring (bicyclic) bond motifs is 5. The van der Waals surface area contributed by atoms with Gasteiger partial charge in [-0.2, -0.15) is 0 Å². The molecule has 2 bridgehead atoms. The molecule has 4 saturated carbocycles. The number of carbonyl (C=O) groups is 1. The highest BCUT2D eigenvalue weighted by molar-refractivity contribution is 5.75. The molecule has 0 aromatic heterocycles. The minimum absolute atomic E-state index is 0.0132. The highest BCUT2D eigenvalue weighted by Crippen LogP contribution is 2.78. The van der Waals surface area contributed by atoms with Crippen molar-refractivity contribution >= 4 is 5.97 Å². The molecular formula is C24H36O4. The van der Waals surface area contributed by atoms with Crippen LogP contribution in [0.25, 0.3) is 0 Å². The minimum Gasteiger partial charge on any atom is -0.469 e. The molecule has 4 heteroatoms. The highest BCUT2D eigenvalue weighted by atomic mass is 16.7. The number of rotatable bonds is 1. The van der Waals surface area contributed by atoms with Crippen LogP contribution in [0.5, 0.6) is 0 Å². The number of allylic oxidation sites excluding steroid dienone is 1. The molecule has 0 aromatic rings. The first-order valence-corrected chi connectivity index (χ1v) is 11.1. The molecule has 28 heavy (non-hydrogen) atoms. The molecule has 0 N–H and O–H groups in total. The molecule has 1 heterocycles. The number of methoxy groups -OCH3 is 1. The molecule has 5 rings (SSSR count). The Bertz CT molecular complexity index is 728. The number of hydrogen-bond acceptors (Lipinski definition) is 4. The van der Waals surface area contributed by atoms with Crippen LogP contribution in [-0.4, -0.2) is 31.6 Å². The van der Waals surface area contributed by atoms with E-state index in [1.807, 2.05) is 13.8 Å². The fraction of sp³-hybridized carbons (Fsp3) is 0.875. The maximum atomic E-state index is 13.4. The Labute approximate surface area is 169 Å². The van der Waals surface area contributed by atoms with E-state index in [2.05, 4.69) is 20.4 Å². The van der Waals surface area contributed by atoms with E-state index in [0.29, 0.717) is 18.4 Å². The van der Waals surface area contributed by atoms with Gasteiger partial charge in [-0.05, 0) is 81.0 Å². The van der Waals surface area contributed by atoms with Crippen molar-refractivity contribution in [1.29, 1.82) is 0 Å². The van der Waals surface area contributed by atoms with Gasteiger partial charge in [0, 0.05) is 5.41 Å². The molecule has 5 aliphatic rings. The molecule has 1 aliphatic heterocycles. The van der Waals surface area contributed by atoms with Gasteiger partial charge in [-0.25, -0.2) is 0 Å². The first-order valence-electron chi connectivity index (χ1n) is 11.1. The molecule has 4 nitrogen and oxygen atoms in total. The smallest absolute Gasteiger partial charge is 0.309 e. The van der Waals surface area contributed by atoms with Crippen molar-refractivity contribution in [3.8, 4) is 0 Å². The summed E-state index contributed by atoms with van der Waals surface area (Å²) in [4.78, 5) is 13.4. The Balaban J connectivity index is 1.65. The van der Waals surface area contributed by atoms with E-state index in [4.69, 9.17) is 14.2 Å². The Morgan fingerprint density at radius 3 is 2.61 bits per heavy atom. The van der Waals surface area contributed by atoms with Crippen LogP contribution in [0.3, 0.4) is 0 Å². The fourth-order valence-electron chi connectivity index (χ4n) is 8.85. The zero-order chi connectivity index (χ0) is 20.1. The quantitative estimate of drug-likeness (QED) is 0.481. The summed E-state index contributed by atoms with van der Waals surface area (Å²) in [6.45, 7) is 13.9. The number of esters is 1. The Hall–Kier alpha value is -0.870. The summed E-state index contributed by atoms with van der Waals surface area (Å²) in [5.41, 5.74) is 1.37. The molecule has 0 aromatic carbocycles.